The first-order valence-corrected chi connectivity index (χ1v) is 7.40. The van der Waals surface area contributed by atoms with E-state index in [1.54, 1.807) is 18.2 Å². The van der Waals surface area contributed by atoms with Gasteiger partial charge in [0.2, 0.25) is 5.91 Å². The number of hydrogen-bond acceptors (Lipinski definition) is 3. The minimum absolute atomic E-state index is 0.0557. The van der Waals surface area contributed by atoms with E-state index >= 15 is 0 Å². The molecule has 0 saturated heterocycles. The maximum atomic E-state index is 11.9. The van der Waals surface area contributed by atoms with Crippen LogP contribution in [0.3, 0.4) is 0 Å². The molecule has 1 fully saturated rings. The molecule has 5 heteroatoms. The Balaban J connectivity index is 1.84. The second-order valence-corrected chi connectivity index (χ2v) is 5.81. The van der Waals surface area contributed by atoms with Crippen molar-refractivity contribution in [2.75, 3.05) is 17.7 Å². The summed E-state index contributed by atoms with van der Waals surface area (Å²) in [6.07, 6.45) is 4.83. The van der Waals surface area contributed by atoms with Crippen molar-refractivity contribution in [1.82, 2.24) is 0 Å². The molecule has 2 atom stereocenters. The van der Waals surface area contributed by atoms with Crippen molar-refractivity contribution in [2.45, 2.75) is 38.7 Å². The van der Waals surface area contributed by atoms with E-state index < -0.39 is 0 Å². The van der Waals surface area contributed by atoms with Crippen LogP contribution >= 0.6 is 11.6 Å². The largest absolute Gasteiger partial charge is 0.399 e. The van der Waals surface area contributed by atoms with Gasteiger partial charge in [0.15, 0.2) is 0 Å². The molecule has 1 aromatic rings. The van der Waals surface area contributed by atoms with E-state index in [1.165, 1.54) is 19.3 Å². The molecule has 2 rings (SSSR count). The van der Waals surface area contributed by atoms with E-state index in [2.05, 4.69) is 12.2 Å². The van der Waals surface area contributed by atoms with Gasteiger partial charge in [0.05, 0.1) is 16.8 Å². The molecule has 2 unspecified atom stereocenters. The van der Waals surface area contributed by atoms with Gasteiger partial charge in [0, 0.05) is 5.69 Å². The molecule has 1 aliphatic carbocycles. The van der Waals surface area contributed by atoms with Crippen molar-refractivity contribution < 1.29 is 9.53 Å². The summed E-state index contributed by atoms with van der Waals surface area (Å²) >= 11 is 6.00. The fraction of sp³-hybridized carbons (Fsp3) is 0.533. The summed E-state index contributed by atoms with van der Waals surface area (Å²) in [7, 11) is 0. The van der Waals surface area contributed by atoms with Crippen LogP contribution in [0.5, 0.6) is 0 Å². The van der Waals surface area contributed by atoms with E-state index in [-0.39, 0.29) is 18.6 Å². The maximum absolute atomic E-state index is 11.9. The highest BCUT2D eigenvalue weighted by Gasteiger charge is 2.22. The summed E-state index contributed by atoms with van der Waals surface area (Å²) in [4.78, 5) is 11.9. The smallest absolute Gasteiger partial charge is 0.250 e. The zero-order valence-corrected chi connectivity index (χ0v) is 12.5. The Bertz CT molecular complexity index is 479. The Morgan fingerprint density at radius 1 is 1.45 bits per heavy atom. The highest BCUT2D eigenvalue weighted by atomic mass is 35.5. The minimum atomic E-state index is -0.199. The zero-order chi connectivity index (χ0) is 14.5. The van der Waals surface area contributed by atoms with Crippen LogP contribution in [0, 0.1) is 5.92 Å². The number of carbonyl (C=O) groups is 1. The first-order valence-electron chi connectivity index (χ1n) is 7.02. The fourth-order valence-electron chi connectivity index (χ4n) is 2.54. The molecular weight excluding hydrogens is 276 g/mol. The average Bonchev–Trinajstić information content (AvgIpc) is 2.42. The molecule has 0 aromatic heterocycles. The lowest BCUT2D eigenvalue weighted by Crippen LogP contribution is -2.29. The molecule has 4 nitrogen and oxygen atoms in total. The van der Waals surface area contributed by atoms with Gasteiger partial charge in [0.25, 0.3) is 0 Å². The zero-order valence-electron chi connectivity index (χ0n) is 11.7. The summed E-state index contributed by atoms with van der Waals surface area (Å²) in [6, 6.07) is 5.00. The Hall–Kier alpha value is -1.26. The van der Waals surface area contributed by atoms with E-state index in [1.807, 2.05) is 0 Å². The Morgan fingerprint density at radius 2 is 2.20 bits per heavy atom. The first kappa shape index (κ1) is 15.1. The summed E-state index contributed by atoms with van der Waals surface area (Å²) in [5, 5.41) is 3.20. The van der Waals surface area contributed by atoms with Crippen molar-refractivity contribution in [3.8, 4) is 0 Å². The van der Waals surface area contributed by atoms with Gasteiger partial charge in [-0.05, 0) is 37.0 Å². The van der Waals surface area contributed by atoms with E-state index in [9.17, 15) is 4.79 Å². The number of hydrogen-bond donors (Lipinski definition) is 2. The summed E-state index contributed by atoms with van der Waals surface area (Å²) in [5.41, 5.74) is 6.76. The molecule has 1 aromatic carbocycles. The second kappa shape index (κ2) is 6.95. The number of halogens is 1. The number of ether oxygens (including phenoxy) is 1. The van der Waals surface area contributed by atoms with Gasteiger partial charge < -0.3 is 15.8 Å². The number of anilines is 2. The second-order valence-electron chi connectivity index (χ2n) is 5.40. The van der Waals surface area contributed by atoms with Gasteiger partial charge in [-0.25, -0.2) is 0 Å². The topological polar surface area (TPSA) is 64.3 Å². The minimum Gasteiger partial charge on any atom is -0.399 e. The molecule has 3 N–H and O–H groups in total. The molecule has 20 heavy (non-hydrogen) atoms. The molecule has 0 spiro atoms. The lowest BCUT2D eigenvalue weighted by molar-refractivity contribution is -0.124. The fourth-order valence-corrected chi connectivity index (χ4v) is 2.70. The molecule has 0 heterocycles. The van der Waals surface area contributed by atoms with Crippen molar-refractivity contribution in [2.24, 2.45) is 5.92 Å². The third-order valence-electron chi connectivity index (χ3n) is 3.73. The molecule has 0 aliphatic heterocycles. The molecule has 110 valence electrons. The van der Waals surface area contributed by atoms with Crippen LogP contribution in [0.1, 0.15) is 32.6 Å². The highest BCUT2D eigenvalue weighted by molar-refractivity contribution is 6.33. The van der Waals surface area contributed by atoms with Crippen LogP contribution in [-0.4, -0.2) is 18.6 Å². The van der Waals surface area contributed by atoms with Crippen molar-refractivity contribution >= 4 is 28.9 Å². The number of benzene rings is 1. The summed E-state index contributed by atoms with van der Waals surface area (Å²) in [5.74, 6) is 0.322. The third-order valence-corrected chi connectivity index (χ3v) is 4.06. The van der Waals surface area contributed by atoms with Gasteiger partial charge >= 0.3 is 0 Å². The normalized spacial score (nSPS) is 22.5. The van der Waals surface area contributed by atoms with E-state index in [0.717, 1.165) is 6.42 Å². The quantitative estimate of drug-likeness (QED) is 0.836. The highest BCUT2D eigenvalue weighted by Crippen LogP contribution is 2.27. The number of amides is 1. The predicted octanol–water partition coefficient (Wildman–Crippen LogP) is 3.46. The number of carbonyl (C=O) groups excluding carboxylic acids is 1. The first-order chi connectivity index (χ1) is 9.56. The molecular formula is C15H21ClN2O2. The molecule has 1 aliphatic rings. The lowest BCUT2D eigenvalue weighted by Gasteiger charge is -2.28. The van der Waals surface area contributed by atoms with Crippen LogP contribution in [0.25, 0.3) is 0 Å². The monoisotopic (exact) mass is 296 g/mol. The third kappa shape index (κ3) is 4.12. The summed E-state index contributed by atoms with van der Waals surface area (Å²) in [6.45, 7) is 2.23. The molecule has 1 saturated carbocycles. The van der Waals surface area contributed by atoms with Crippen LogP contribution in [0.2, 0.25) is 5.02 Å². The van der Waals surface area contributed by atoms with Gasteiger partial charge in [-0.15, -0.1) is 0 Å². The summed E-state index contributed by atoms with van der Waals surface area (Å²) < 4.78 is 5.71. The van der Waals surface area contributed by atoms with Crippen LogP contribution in [0.4, 0.5) is 11.4 Å². The van der Waals surface area contributed by atoms with Crippen LogP contribution in [-0.2, 0) is 9.53 Å². The maximum Gasteiger partial charge on any atom is 0.250 e. The van der Waals surface area contributed by atoms with Gasteiger partial charge in [-0.1, -0.05) is 31.4 Å². The number of nitrogens with two attached hydrogens (primary N) is 1. The van der Waals surface area contributed by atoms with E-state index in [4.69, 9.17) is 22.1 Å². The number of rotatable bonds is 4. The van der Waals surface area contributed by atoms with Gasteiger partial charge in [-0.2, -0.15) is 0 Å². The van der Waals surface area contributed by atoms with Crippen molar-refractivity contribution in [3.05, 3.63) is 23.2 Å². The molecule has 0 radical (unpaired) electrons. The number of nitrogen functional groups attached to an aromatic ring is 1. The van der Waals surface area contributed by atoms with Crippen LogP contribution < -0.4 is 11.1 Å². The molecule has 1 amide bonds. The number of nitrogens with one attached hydrogen (secondary N) is 1. The van der Waals surface area contributed by atoms with Crippen LogP contribution in [0.15, 0.2) is 18.2 Å². The SMILES string of the molecule is CC1CCCCC1OCC(=O)Nc1cc(N)ccc1Cl. The molecule has 0 bridgehead atoms. The van der Waals surface area contributed by atoms with Crippen molar-refractivity contribution in [1.29, 1.82) is 0 Å². The Morgan fingerprint density at radius 3 is 2.95 bits per heavy atom. The van der Waals surface area contributed by atoms with Gasteiger partial charge in [-0.3, -0.25) is 4.79 Å². The van der Waals surface area contributed by atoms with Gasteiger partial charge in [0.1, 0.15) is 6.61 Å². The Labute approximate surface area is 124 Å². The standard InChI is InChI=1S/C15H21ClN2O2/c1-10-4-2-3-5-14(10)20-9-15(19)18-13-8-11(17)6-7-12(13)16/h6-8,10,14H,2-5,9,17H2,1H3,(H,18,19). The predicted molar refractivity (Wildman–Crippen MR) is 81.9 cm³/mol. The lowest BCUT2D eigenvalue weighted by atomic mass is 9.88. The average molecular weight is 297 g/mol. The van der Waals surface area contributed by atoms with Crippen molar-refractivity contribution in [3.63, 3.8) is 0 Å². The Kier molecular flexibility index (Phi) is 5.26. The van der Waals surface area contributed by atoms with E-state index in [0.29, 0.717) is 22.3 Å².